The third-order valence-corrected chi connectivity index (χ3v) is 7.38. The second-order valence-corrected chi connectivity index (χ2v) is 9.71. The highest BCUT2D eigenvalue weighted by molar-refractivity contribution is 7.98. The molecule has 0 amide bonds. The van der Waals surface area contributed by atoms with Crippen LogP contribution in [0.25, 0.3) is 0 Å². The average molecular weight is 429 g/mol. The van der Waals surface area contributed by atoms with Crippen molar-refractivity contribution < 1.29 is 4.21 Å². The zero-order valence-electron chi connectivity index (χ0n) is 16.7. The van der Waals surface area contributed by atoms with Gasteiger partial charge in [0, 0.05) is 15.5 Å². The highest BCUT2D eigenvalue weighted by Crippen LogP contribution is 2.24. The molecule has 0 bridgehead atoms. The molecule has 0 N–H and O–H groups in total. The number of rotatable bonds is 8. The lowest BCUT2D eigenvalue weighted by molar-refractivity contribution is 0.682. The van der Waals surface area contributed by atoms with Crippen molar-refractivity contribution in [3.63, 3.8) is 0 Å². The largest absolute Gasteiger partial charge is 0.254 e. The van der Waals surface area contributed by atoms with Gasteiger partial charge < -0.3 is 0 Å². The molecular weight excluding hydrogens is 404 g/mol. The van der Waals surface area contributed by atoms with Crippen LogP contribution in [-0.2, 0) is 28.7 Å². The van der Waals surface area contributed by atoms with E-state index in [1.54, 1.807) is 0 Å². The molecule has 4 aromatic rings. The van der Waals surface area contributed by atoms with Crippen molar-refractivity contribution in [3.05, 3.63) is 131 Å². The molecule has 0 aliphatic rings. The van der Waals surface area contributed by atoms with E-state index < -0.39 is 10.8 Å². The first-order chi connectivity index (χ1) is 14.8. The quantitative estimate of drug-likeness (QED) is 0.285. The van der Waals surface area contributed by atoms with Gasteiger partial charge in [-0.3, -0.25) is 4.21 Å². The van der Waals surface area contributed by atoms with Crippen molar-refractivity contribution in [2.24, 2.45) is 0 Å². The van der Waals surface area contributed by atoms with E-state index in [2.05, 4.69) is 66.7 Å². The molecule has 1 unspecified atom stereocenters. The van der Waals surface area contributed by atoms with Crippen LogP contribution in [0.1, 0.15) is 22.3 Å². The minimum Gasteiger partial charge on any atom is -0.254 e. The maximum Gasteiger partial charge on any atom is 0.0574 e. The second-order valence-electron chi connectivity index (χ2n) is 7.21. The molecule has 4 rings (SSSR count). The first-order valence-corrected chi connectivity index (χ1v) is 12.3. The summed E-state index contributed by atoms with van der Waals surface area (Å²) in [6.07, 6.45) is 0.884. The first kappa shape index (κ1) is 20.6. The van der Waals surface area contributed by atoms with Crippen LogP contribution < -0.4 is 0 Å². The van der Waals surface area contributed by atoms with E-state index in [1.807, 2.05) is 54.2 Å². The highest BCUT2D eigenvalue weighted by atomic mass is 32.2. The van der Waals surface area contributed by atoms with Crippen LogP contribution in [0.4, 0.5) is 0 Å². The Morgan fingerprint density at radius 1 is 0.567 bits per heavy atom. The summed E-state index contributed by atoms with van der Waals surface area (Å²) in [6, 6.07) is 37.5. The summed E-state index contributed by atoms with van der Waals surface area (Å²) >= 11 is 1.86. The van der Waals surface area contributed by atoms with Crippen molar-refractivity contribution >= 4 is 22.6 Å². The van der Waals surface area contributed by atoms with Crippen molar-refractivity contribution in [2.45, 2.75) is 27.7 Å². The van der Waals surface area contributed by atoms with Crippen LogP contribution in [0.2, 0.25) is 0 Å². The zero-order chi connectivity index (χ0) is 20.6. The number of benzene rings is 4. The normalized spacial score (nSPS) is 11.9. The summed E-state index contributed by atoms with van der Waals surface area (Å²) in [5.74, 6) is 1.55. The fraction of sp³-hybridized carbons (Fsp3) is 0.111. The number of thioether (sulfide) groups is 1. The van der Waals surface area contributed by atoms with E-state index in [0.717, 1.165) is 22.6 Å². The molecule has 30 heavy (non-hydrogen) atoms. The maximum absolute atomic E-state index is 12.6. The molecule has 0 saturated carbocycles. The van der Waals surface area contributed by atoms with Gasteiger partial charge >= 0.3 is 0 Å². The lowest BCUT2D eigenvalue weighted by Gasteiger charge is -2.07. The standard InChI is InChI=1S/C27H24OS2/c28-30(21-25-9-5-2-6-10-25)27-17-13-23(14-18-27)19-22-11-15-26(16-12-22)29-20-24-7-3-1-4-8-24/h1-18H,19-21H2. The summed E-state index contributed by atoms with van der Waals surface area (Å²) in [7, 11) is -1.01. The first-order valence-electron chi connectivity index (χ1n) is 10.0. The average Bonchev–Trinajstić information content (AvgIpc) is 2.80. The molecule has 1 atom stereocenters. The van der Waals surface area contributed by atoms with E-state index >= 15 is 0 Å². The fourth-order valence-electron chi connectivity index (χ4n) is 3.25. The molecule has 4 aromatic carbocycles. The van der Waals surface area contributed by atoms with E-state index in [-0.39, 0.29) is 0 Å². The van der Waals surface area contributed by atoms with Gasteiger partial charge in [0.25, 0.3) is 0 Å². The summed E-state index contributed by atoms with van der Waals surface area (Å²) in [4.78, 5) is 2.17. The van der Waals surface area contributed by atoms with Crippen molar-refractivity contribution in [1.29, 1.82) is 0 Å². The monoisotopic (exact) mass is 428 g/mol. The Morgan fingerprint density at radius 3 is 1.70 bits per heavy atom. The second kappa shape index (κ2) is 10.4. The molecule has 0 aromatic heterocycles. The van der Waals surface area contributed by atoms with Crippen LogP contribution in [-0.4, -0.2) is 4.21 Å². The minimum atomic E-state index is -1.01. The Labute approximate surface area is 185 Å². The van der Waals surface area contributed by atoms with Crippen LogP contribution in [0.15, 0.2) is 119 Å². The van der Waals surface area contributed by atoms with Gasteiger partial charge in [-0.1, -0.05) is 84.9 Å². The Bertz CT molecular complexity index is 1070. The maximum atomic E-state index is 12.6. The van der Waals surface area contributed by atoms with Gasteiger partial charge in [0.15, 0.2) is 0 Å². The molecule has 0 heterocycles. The van der Waals surface area contributed by atoms with Gasteiger partial charge in [0.05, 0.1) is 16.6 Å². The van der Waals surface area contributed by atoms with Crippen molar-refractivity contribution in [2.75, 3.05) is 0 Å². The summed E-state index contributed by atoms with van der Waals surface area (Å²) in [5.41, 5.74) is 4.97. The predicted octanol–water partition coefficient (Wildman–Crippen LogP) is 6.88. The van der Waals surface area contributed by atoms with Crippen LogP contribution >= 0.6 is 11.8 Å². The van der Waals surface area contributed by atoms with Crippen LogP contribution in [0.5, 0.6) is 0 Å². The Balaban J connectivity index is 1.32. The molecule has 0 aliphatic carbocycles. The molecular formula is C27H24OS2. The summed E-state index contributed by atoms with van der Waals surface area (Å²) in [6.45, 7) is 0. The third-order valence-electron chi connectivity index (χ3n) is 4.91. The molecule has 0 fully saturated rings. The summed E-state index contributed by atoms with van der Waals surface area (Å²) in [5, 5.41) is 0. The van der Waals surface area contributed by atoms with Gasteiger partial charge in [-0.25, -0.2) is 0 Å². The molecule has 1 nitrogen and oxygen atoms in total. The molecule has 3 heteroatoms. The van der Waals surface area contributed by atoms with Crippen molar-refractivity contribution in [1.82, 2.24) is 0 Å². The summed E-state index contributed by atoms with van der Waals surface area (Å²) < 4.78 is 12.6. The Kier molecular flexibility index (Phi) is 7.17. The molecule has 0 radical (unpaired) electrons. The molecule has 0 aliphatic heterocycles. The van der Waals surface area contributed by atoms with Crippen molar-refractivity contribution in [3.8, 4) is 0 Å². The van der Waals surface area contributed by atoms with E-state index in [0.29, 0.717) is 5.75 Å². The lowest BCUT2D eigenvalue weighted by atomic mass is 10.1. The van der Waals surface area contributed by atoms with Gasteiger partial charge in [0.2, 0.25) is 0 Å². The van der Waals surface area contributed by atoms with E-state index in [9.17, 15) is 4.21 Å². The van der Waals surface area contributed by atoms with E-state index in [1.165, 1.54) is 21.6 Å². The van der Waals surface area contributed by atoms with Gasteiger partial charge in [0.1, 0.15) is 0 Å². The van der Waals surface area contributed by atoms with Gasteiger partial charge in [-0.05, 0) is 52.9 Å². The topological polar surface area (TPSA) is 17.1 Å². The molecule has 0 spiro atoms. The molecule has 150 valence electrons. The predicted molar refractivity (Wildman–Crippen MR) is 128 cm³/mol. The van der Waals surface area contributed by atoms with Crippen LogP contribution in [0, 0.1) is 0 Å². The molecule has 0 saturated heterocycles. The minimum absolute atomic E-state index is 0.558. The van der Waals surface area contributed by atoms with Crippen LogP contribution in [0.3, 0.4) is 0 Å². The number of hydrogen-bond acceptors (Lipinski definition) is 2. The smallest absolute Gasteiger partial charge is 0.0574 e. The Morgan fingerprint density at radius 2 is 1.10 bits per heavy atom. The Hall–Kier alpha value is -2.62. The van der Waals surface area contributed by atoms with E-state index in [4.69, 9.17) is 0 Å². The fourth-order valence-corrected chi connectivity index (χ4v) is 5.20. The SMILES string of the molecule is O=S(Cc1ccccc1)c1ccc(Cc2ccc(SCc3ccccc3)cc2)cc1. The van der Waals surface area contributed by atoms with Gasteiger partial charge in [-0.15, -0.1) is 11.8 Å². The van der Waals surface area contributed by atoms with Gasteiger partial charge in [-0.2, -0.15) is 0 Å². The number of hydrogen-bond donors (Lipinski definition) is 0. The zero-order valence-corrected chi connectivity index (χ0v) is 18.4. The lowest BCUT2D eigenvalue weighted by Crippen LogP contribution is -1.97. The highest BCUT2D eigenvalue weighted by Gasteiger charge is 2.06. The third kappa shape index (κ3) is 5.94.